The van der Waals surface area contributed by atoms with Crippen molar-refractivity contribution in [3.8, 4) is 0 Å². The number of piperidine rings is 1. The number of likely N-dealkylation sites (tertiary alicyclic amines) is 1. The molecule has 1 saturated heterocycles. The highest BCUT2D eigenvalue weighted by atomic mass is 15.1. The highest BCUT2D eigenvalue weighted by Gasteiger charge is 2.36. The van der Waals surface area contributed by atoms with E-state index in [-0.39, 0.29) is 0 Å². The van der Waals surface area contributed by atoms with Crippen molar-refractivity contribution in [3.63, 3.8) is 0 Å². The van der Waals surface area contributed by atoms with Crippen LogP contribution < -0.4 is 5.32 Å². The van der Waals surface area contributed by atoms with Crippen molar-refractivity contribution < 1.29 is 0 Å². The molecule has 2 heteroatoms. The first-order valence-corrected chi connectivity index (χ1v) is 8.29. The number of aryl methyl sites for hydroxylation is 1. The Kier molecular flexibility index (Phi) is 4.30. The quantitative estimate of drug-likeness (QED) is 0.889. The van der Waals surface area contributed by atoms with Crippen LogP contribution in [0.25, 0.3) is 0 Å². The summed E-state index contributed by atoms with van der Waals surface area (Å²) >= 11 is 0. The van der Waals surface area contributed by atoms with Gasteiger partial charge in [-0.1, -0.05) is 25.0 Å². The van der Waals surface area contributed by atoms with Crippen LogP contribution in [-0.4, -0.2) is 31.1 Å². The van der Waals surface area contributed by atoms with Crippen LogP contribution in [0.15, 0.2) is 24.3 Å². The molecule has 0 atom stereocenters. The fourth-order valence-electron chi connectivity index (χ4n) is 3.99. The normalized spacial score (nSPS) is 22.2. The molecule has 2 aliphatic rings. The number of benzene rings is 1. The van der Waals surface area contributed by atoms with E-state index in [1.807, 2.05) is 0 Å². The molecule has 110 valence electrons. The van der Waals surface area contributed by atoms with Crippen LogP contribution in [0.4, 0.5) is 5.69 Å². The summed E-state index contributed by atoms with van der Waals surface area (Å²) in [6, 6.07) is 8.67. The number of anilines is 1. The van der Waals surface area contributed by atoms with E-state index in [2.05, 4.69) is 41.4 Å². The summed E-state index contributed by atoms with van der Waals surface area (Å²) < 4.78 is 0. The summed E-state index contributed by atoms with van der Waals surface area (Å²) in [4.78, 5) is 2.65. The van der Waals surface area contributed by atoms with E-state index in [9.17, 15) is 0 Å². The summed E-state index contributed by atoms with van der Waals surface area (Å²) in [5, 5.41) is 3.55. The van der Waals surface area contributed by atoms with E-state index in [1.165, 1.54) is 69.4 Å². The maximum atomic E-state index is 3.55. The van der Waals surface area contributed by atoms with E-state index < -0.39 is 0 Å². The van der Waals surface area contributed by atoms with Crippen LogP contribution in [0.5, 0.6) is 0 Å². The first kappa shape index (κ1) is 13.9. The van der Waals surface area contributed by atoms with Gasteiger partial charge in [-0.05, 0) is 68.8 Å². The molecule has 0 aromatic heterocycles. The molecular weight excluding hydrogens is 244 g/mol. The molecule has 1 N–H and O–H groups in total. The van der Waals surface area contributed by atoms with Crippen LogP contribution in [0.3, 0.4) is 0 Å². The monoisotopic (exact) mass is 272 g/mol. The van der Waals surface area contributed by atoms with Crippen molar-refractivity contribution in [3.05, 3.63) is 29.8 Å². The van der Waals surface area contributed by atoms with Crippen molar-refractivity contribution in [2.24, 2.45) is 5.41 Å². The zero-order valence-electron chi connectivity index (χ0n) is 12.8. The first-order valence-electron chi connectivity index (χ1n) is 8.29. The van der Waals surface area contributed by atoms with Crippen molar-refractivity contribution in [1.82, 2.24) is 4.90 Å². The average Bonchev–Trinajstić information content (AvgIpc) is 2.90. The Balaban J connectivity index is 1.39. The van der Waals surface area contributed by atoms with Gasteiger partial charge in [0.15, 0.2) is 0 Å². The van der Waals surface area contributed by atoms with E-state index in [0.29, 0.717) is 0 Å². The maximum Gasteiger partial charge on any atom is 0.0343 e. The van der Waals surface area contributed by atoms with Gasteiger partial charge in [-0.3, -0.25) is 0 Å². The minimum Gasteiger partial charge on any atom is -0.384 e. The van der Waals surface area contributed by atoms with Gasteiger partial charge in [0.25, 0.3) is 0 Å². The lowest BCUT2D eigenvalue weighted by Crippen LogP contribution is -2.40. The van der Waals surface area contributed by atoms with Crippen molar-refractivity contribution in [2.45, 2.75) is 45.4 Å². The second-order valence-corrected chi connectivity index (χ2v) is 6.85. The molecule has 2 fully saturated rings. The van der Waals surface area contributed by atoms with Gasteiger partial charge in [0, 0.05) is 18.8 Å². The molecule has 1 heterocycles. The molecule has 1 spiro atoms. The van der Waals surface area contributed by atoms with Crippen LogP contribution in [0.2, 0.25) is 0 Å². The lowest BCUT2D eigenvalue weighted by molar-refractivity contribution is 0.112. The molecule has 2 nitrogen and oxygen atoms in total. The van der Waals surface area contributed by atoms with Crippen molar-refractivity contribution >= 4 is 5.69 Å². The van der Waals surface area contributed by atoms with Gasteiger partial charge in [-0.25, -0.2) is 0 Å². The smallest absolute Gasteiger partial charge is 0.0343 e. The van der Waals surface area contributed by atoms with Gasteiger partial charge in [-0.2, -0.15) is 0 Å². The number of hydrogen-bond acceptors (Lipinski definition) is 2. The molecule has 20 heavy (non-hydrogen) atoms. The second kappa shape index (κ2) is 6.17. The van der Waals surface area contributed by atoms with Crippen LogP contribution in [0, 0.1) is 12.3 Å². The number of nitrogens with zero attached hydrogens (tertiary/aromatic N) is 1. The molecule has 1 aliphatic carbocycles. The maximum absolute atomic E-state index is 3.55. The lowest BCUT2D eigenvalue weighted by atomic mass is 9.77. The predicted octanol–water partition coefficient (Wildman–Crippen LogP) is 4.06. The molecule has 1 aliphatic heterocycles. The van der Waals surface area contributed by atoms with Gasteiger partial charge in [-0.15, -0.1) is 0 Å². The highest BCUT2D eigenvalue weighted by Crippen LogP contribution is 2.45. The zero-order chi connectivity index (χ0) is 13.8. The van der Waals surface area contributed by atoms with E-state index >= 15 is 0 Å². The molecular formula is C18H28N2. The SMILES string of the molecule is Cc1cccc(NCCN2CCC3(CCCC3)CC2)c1. The number of rotatable bonds is 4. The molecule has 0 amide bonds. The zero-order valence-corrected chi connectivity index (χ0v) is 12.8. The fourth-order valence-corrected chi connectivity index (χ4v) is 3.99. The van der Waals surface area contributed by atoms with E-state index in [0.717, 1.165) is 12.0 Å². The summed E-state index contributed by atoms with van der Waals surface area (Å²) in [6.07, 6.45) is 8.85. The van der Waals surface area contributed by atoms with Crippen LogP contribution in [-0.2, 0) is 0 Å². The molecule has 1 aromatic rings. The predicted molar refractivity (Wildman–Crippen MR) is 86.2 cm³/mol. The summed E-state index contributed by atoms with van der Waals surface area (Å²) in [6.45, 7) is 7.03. The van der Waals surface area contributed by atoms with Crippen molar-refractivity contribution in [1.29, 1.82) is 0 Å². The van der Waals surface area contributed by atoms with Gasteiger partial charge in [0.05, 0.1) is 0 Å². The van der Waals surface area contributed by atoms with E-state index in [4.69, 9.17) is 0 Å². The molecule has 1 aromatic carbocycles. The second-order valence-electron chi connectivity index (χ2n) is 6.85. The van der Waals surface area contributed by atoms with Gasteiger partial charge in [0.1, 0.15) is 0 Å². The molecule has 3 rings (SSSR count). The van der Waals surface area contributed by atoms with Gasteiger partial charge >= 0.3 is 0 Å². The third-order valence-electron chi connectivity index (χ3n) is 5.36. The Morgan fingerprint density at radius 1 is 1.10 bits per heavy atom. The van der Waals surface area contributed by atoms with Gasteiger partial charge < -0.3 is 10.2 Å². The van der Waals surface area contributed by atoms with Crippen LogP contribution >= 0.6 is 0 Å². The van der Waals surface area contributed by atoms with E-state index in [1.54, 1.807) is 0 Å². The Morgan fingerprint density at radius 2 is 1.85 bits per heavy atom. The largest absolute Gasteiger partial charge is 0.384 e. The lowest BCUT2D eigenvalue weighted by Gasteiger charge is -2.39. The standard InChI is InChI=1S/C18H28N2/c1-16-5-4-6-17(15-16)19-11-14-20-12-9-18(10-13-20)7-2-3-8-18/h4-6,15,19H,2-3,7-14H2,1H3. The van der Waals surface area contributed by atoms with Gasteiger partial charge in [0.2, 0.25) is 0 Å². The Hall–Kier alpha value is -1.02. The fraction of sp³-hybridized carbons (Fsp3) is 0.667. The summed E-state index contributed by atoms with van der Waals surface area (Å²) in [7, 11) is 0. The highest BCUT2D eigenvalue weighted by molar-refractivity contribution is 5.45. The third-order valence-corrected chi connectivity index (χ3v) is 5.36. The van der Waals surface area contributed by atoms with Crippen molar-refractivity contribution in [2.75, 3.05) is 31.5 Å². The number of hydrogen-bond donors (Lipinski definition) is 1. The summed E-state index contributed by atoms with van der Waals surface area (Å²) in [5.74, 6) is 0. The summed E-state index contributed by atoms with van der Waals surface area (Å²) in [5.41, 5.74) is 3.34. The molecule has 1 saturated carbocycles. The Labute approximate surface area is 123 Å². The third kappa shape index (κ3) is 3.35. The minimum absolute atomic E-state index is 0.750. The van der Waals surface area contributed by atoms with Crippen LogP contribution in [0.1, 0.15) is 44.1 Å². The minimum atomic E-state index is 0.750. The molecule has 0 bridgehead atoms. The Morgan fingerprint density at radius 3 is 2.55 bits per heavy atom. The topological polar surface area (TPSA) is 15.3 Å². The average molecular weight is 272 g/mol. The number of nitrogens with one attached hydrogen (secondary N) is 1. The Bertz CT molecular complexity index is 425. The first-order chi connectivity index (χ1) is 9.76. The molecule has 0 radical (unpaired) electrons. The molecule has 0 unspecified atom stereocenters.